The highest BCUT2D eigenvalue weighted by atomic mass is 16.5. The summed E-state index contributed by atoms with van der Waals surface area (Å²) in [5.41, 5.74) is 7.45. The topological polar surface area (TPSA) is 114 Å². The molecule has 0 saturated heterocycles. The van der Waals surface area contributed by atoms with E-state index in [-0.39, 0.29) is 6.61 Å². The van der Waals surface area contributed by atoms with Crippen molar-refractivity contribution < 1.29 is 19.0 Å². The largest absolute Gasteiger partial charge is 0.490 e. The number of anilines is 1. The summed E-state index contributed by atoms with van der Waals surface area (Å²) in [6.07, 6.45) is 5.67. The second kappa shape index (κ2) is 10.4. The Bertz CT molecular complexity index is 989. The molecule has 0 bridgehead atoms. The normalized spacial score (nSPS) is 10.9. The van der Waals surface area contributed by atoms with E-state index in [1.54, 1.807) is 24.5 Å². The van der Waals surface area contributed by atoms with Gasteiger partial charge >= 0.3 is 5.97 Å². The molecule has 0 spiro atoms. The van der Waals surface area contributed by atoms with Crippen LogP contribution in [0.5, 0.6) is 11.5 Å². The zero-order chi connectivity index (χ0) is 21.3. The molecule has 0 aliphatic heterocycles. The fourth-order valence-electron chi connectivity index (χ4n) is 2.89. The van der Waals surface area contributed by atoms with Crippen LogP contribution in [0.1, 0.15) is 43.5 Å². The first-order chi connectivity index (χ1) is 14.6. The molecule has 2 heterocycles. The summed E-state index contributed by atoms with van der Waals surface area (Å²) < 4.78 is 18.6. The van der Waals surface area contributed by atoms with E-state index in [0.29, 0.717) is 60.2 Å². The SMILES string of the molecule is CCCCOc1ccc(C(=O)OCCCn2cnc3c(N)ncnc32)cc1OCC. The number of carbonyl (C=O) groups is 1. The molecule has 0 fully saturated rings. The summed E-state index contributed by atoms with van der Waals surface area (Å²) in [6, 6.07) is 5.10. The summed E-state index contributed by atoms with van der Waals surface area (Å²) >= 11 is 0. The Labute approximate surface area is 175 Å². The molecular weight excluding hydrogens is 386 g/mol. The minimum absolute atomic E-state index is 0.262. The van der Waals surface area contributed by atoms with Crippen LogP contribution in [-0.2, 0) is 11.3 Å². The number of esters is 1. The Kier molecular flexibility index (Phi) is 7.42. The lowest BCUT2D eigenvalue weighted by atomic mass is 10.2. The van der Waals surface area contributed by atoms with Crippen LogP contribution in [-0.4, -0.2) is 45.3 Å². The second-order valence-corrected chi connectivity index (χ2v) is 6.66. The number of rotatable bonds is 11. The molecule has 0 aliphatic rings. The van der Waals surface area contributed by atoms with Gasteiger partial charge < -0.3 is 24.5 Å². The number of carbonyl (C=O) groups excluding carboxylic acids is 1. The molecule has 0 amide bonds. The Morgan fingerprint density at radius 2 is 1.93 bits per heavy atom. The van der Waals surface area contributed by atoms with Gasteiger partial charge in [-0.05, 0) is 38.0 Å². The van der Waals surface area contributed by atoms with Gasteiger partial charge in [-0.25, -0.2) is 19.7 Å². The van der Waals surface area contributed by atoms with Gasteiger partial charge in [-0.1, -0.05) is 13.3 Å². The van der Waals surface area contributed by atoms with E-state index >= 15 is 0 Å². The molecule has 0 unspecified atom stereocenters. The van der Waals surface area contributed by atoms with Crippen molar-refractivity contribution in [2.75, 3.05) is 25.6 Å². The highest BCUT2D eigenvalue weighted by Crippen LogP contribution is 2.29. The number of nitrogens with two attached hydrogens (primary N) is 1. The van der Waals surface area contributed by atoms with Gasteiger partial charge in [0.25, 0.3) is 0 Å². The quantitative estimate of drug-likeness (QED) is 0.376. The van der Waals surface area contributed by atoms with Crippen molar-refractivity contribution >= 4 is 23.0 Å². The Morgan fingerprint density at radius 1 is 1.07 bits per heavy atom. The second-order valence-electron chi connectivity index (χ2n) is 6.66. The van der Waals surface area contributed by atoms with E-state index in [1.807, 2.05) is 11.5 Å². The Morgan fingerprint density at radius 3 is 2.73 bits per heavy atom. The summed E-state index contributed by atoms with van der Waals surface area (Å²) in [6.45, 7) is 5.94. The number of imidazole rings is 1. The zero-order valence-corrected chi connectivity index (χ0v) is 17.3. The lowest BCUT2D eigenvalue weighted by Crippen LogP contribution is -2.10. The van der Waals surface area contributed by atoms with Crippen LogP contribution in [0.15, 0.2) is 30.9 Å². The average Bonchev–Trinajstić information content (AvgIpc) is 3.17. The summed E-state index contributed by atoms with van der Waals surface area (Å²) in [5.74, 6) is 1.12. The van der Waals surface area contributed by atoms with Gasteiger partial charge in [-0.3, -0.25) is 0 Å². The smallest absolute Gasteiger partial charge is 0.338 e. The Balaban J connectivity index is 1.55. The number of nitrogens with zero attached hydrogens (tertiary/aromatic N) is 4. The van der Waals surface area contributed by atoms with Gasteiger partial charge in [0.05, 0.1) is 31.7 Å². The fourth-order valence-corrected chi connectivity index (χ4v) is 2.89. The summed E-state index contributed by atoms with van der Waals surface area (Å²) in [4.78, 5) is 24.8. The van der Waals surface area contributed by atoms with E-state index in [4.69, 9.17) is 19.9 Å². The molecule has 30 heavy (non-hydrogen) atoms. The highest BCUT2D eigenvalue weighted by molar-refractivity contribution is 5.90. The van der Waals surface area contributed by atoms with Crippen LogP contribution in [0, 0.1) is 0 Å². The number of hydrogen-bond donors (Lipinski definition) is 1. The lowest BCUT2D eigenvalue weighted by molar-refractivity contribution is 0.0495. The minimum Gasteiger partial charge on any atom is -0.490 e. The number of ether oxygens (including phenoxy) is 3. The van der Waals surface area contributed by atoms with Crippen molar-refractivity contribution in [3.8, 4) is 11.5 Å². The number of unbranched alkanes of at least 4 members (excludes halogenated alkanes) is 1. The van der Waals surface area contributed by atoms with Crippen molar-refractivity contribution in [3.63, 3.8) is 0 Å². The maximum absolute atomic E-state index is 12.4. The number of aryl methyl sites for hydroxylation is 1. The number of fused-ring (bicyclic) bond motifs is 1. The molecule has 0 radical (unpaired) electrons. The maximum atomic E-state index is 12.4. The average molecular weight is 413 g/mol. The predicted octanol–water partition coefficient (Wildman–Crippen LogP) is 3.23. The van der Waals surface area contributed by atoms with E-state index < -0.39 is 5.97 Å². The van der Waals surface area contributed by atoms with Gasteiger partial charge in [-0.15, -0.1) is 0 Å². The molecule has 9 heteroatoms. The molecule has 2 aromatic heterocycles. The van der Waals surface area contributed by atoms with Crippen LogP contribution < -0.4 is 15.2 Å². The third kappa shape index (κ3) is 5.16. The minimum atomic E-state index is -0.405. The first-order valence-electron chi connectivity index (χ1n) is 10.1. The molecule has 0 aliphatic carbocycles. The van der Waals surface area contributed by atoms with Crippen LogP contribution in [0.25, 0.3) is 11.2 Å². The van der Waals surface area contributed by atoms with Crippen LogP contribution in [0.2, 0.25) is 0 Å². The molecular formula is C21H27N5O4. The summed E-state index contributed by atoms with van der Waals surface area (Å²) in [5, 5.41) is 0. The van der Waals surface area contributed by atoms with Crippen molar-refractivity contribution in [1.29, 1.82) is 0 Å². The molecule has 9 nitrogen and oxygen atoms in total. The van der Waals surface area contributed by atoms with Gasteiger partial charge in [-0.2, -0.15) is 0 Å². The first kappa shape index (κ1) is 21.4. The van der Waals surface area contributed by atoms with Crippen LogP contribution >= 0.6 is 0 Å². The van der Waals surface area contributed by atoms with Crippen LogP contribution in [0.4, 0.5) is 5.82 Å². The van der Waals surface area contributed by atoms with Gasteiger partial charge in [0.15, 0.2) is 23.0 Å². The highest BCUT2D eigenvalue weighted by Gasteiger charge is 2.13. The Hall–Kier alpha value is -3.36. The van der Waals surface area contributed by atoms with Crippen molar-refractivity contribution in [1.82, 2.24) is 19.5 Å². The number of hydrogen-bond acceptors (Lipinski definition) is 8. The maximum Gasteiger partial charge on any atom is 0.338 e. The van der Waals surface area contributed by atoms with E-state index in [9.17, 15) is 4.79 Å². The van der Waals surface area contributed by atoms with Crippen molar-refractivity contribution in [3.05, 3.63) is 36.4 Å². The third-order valence-corrected chi connectivity index (χ3v) is 4.44. The first-order valence-corrected chi connectivity index (χ1v) is 10.1. The van der Waals surface area contributed by atoms with E-state index in [1.165, 1.54) is 6.33 Å². The monoisotopic (exact) mass is 413 g/mol. The van der Waals surface area contributed by atoms with Gasteiger partial charge in [0.1, 0.15) is 11.8 Å². The number of nitrogen functional groups attached to an aromatic ring is 1. The zero-order valence-electron chi connectivity index (χ0n) is 17.3. The molecule has 1 aromatic carbocycles. The fraction of sp³-hybridized carbons (Fsp3) is 0.429. The number of benzene rings is 1. The van der Waals surface area contributed by atoms with E-state index in [0.717, 1.165) is 12.8 Å². The molecule has 0 saturated carbocycles. The number of aromatic nitrogens is 4. The van der Waals surface area contributed by atoms with Gasteiger partial charge in [0.2, 0.25) is 0 Å². The summed E-state index contributed by atoms with van der Waals surface area (Å²) in [7, 11) is 0. The molecule has 3 aromatic rings. The molecule has 0 atom stereocenters. The predicted molar refractivity (Wildman–Crippen MR) is 113 cm³/mol. The molecule has 160 valence electrons. The van der Waals surface area contributed by atoms with Crippen LogP contribution in [0.3, 0.4) is 0 Å². The molecule has 3 rings (SSSR count). The molecule has 2 N–H and O–H groups in total. The lowest BCUT2D eigenvalue weighted by Gasteiger charge is -2.13. The van der Waals surface area contributed by atoms with Crippen molar-refractivity contribution in [2.45, 2.75) is 39.7 Å². The third-order valence-electron chi connectivity index (χ3n) is 4.44. The van der Waals surface area contributed by atoms with Crippen molar-refractivity contribution in [2.24, 2.45) is 0 Å². The van der Waals surface area contributed by atoms with Gasteiger partial charge in [0, 0.05) is 6.54 Å². The van der Waals surface area contributed by atoms with E-state index in [2.05, 4.69) is 21.9 Å². The standard InChI is InChI=1S/C21H27N5O4/c1-3-5-10-29-16-8-7-15(12-17(16)28-4-2)21(27)30-11-6-9-26-14-25-18-19(22)23-13-24-20(18)26/h7-8,12-14H,3-6,9-11H2,1-2H3,(H2,22,23,24).